The van der Waals surface area contributed by atoms with Gasteiger partial charge < -0.3 is 10.0 Å². The van der Waals surface area contributed by atoms with Gasteiger partial charge in [-0.05, 0) is 26.3 Å². The molecule has 3 nitrogen and oxygen atoms in total. The lowest BCUT2D eigenvalue weighted by molar-refractivity contribution is 0.0621. The van der Waals surface area contributed by atoms with Crippen LogP contribution in [0.3, 0.4) is 0 Å². The number of carbonyl (C=O) groups is 1. The van der Waals surface area contributed by atoms with Gasteiger partial charge in [-0.1, -0.05) is 18.8 Å². The Morgan fingerprint density at radius 2 is 2.22 bits per heavy atom. The Morgan fingerprint density at radius 3 is 2.78 bits per heavy atom. The molecule has 0 fully saturated rings. The number of aliphatic hydroxyl groups excluding tert-OH is 1. The zero-order chi connectivity index (χ0) is 13.8. The Bertz CT molecular complexity index is 479. The molecule has 0 spiro atoms. The minimum atomic E-state index is -0.163. The van der Waals surface area contributed by atoms with Gasteiger partial charge in [-0.15, -0.1) is 11.3 Å². The van der Waals surface area contributed by atoms with Crippen molar-refractivity contribution < 1.29 is 9.90 Å². The van der Waals surface area contributed by atoms with Gasteiger partial charge in [0.15, 0.2) is 0 Å². The van der Waals surface area contributed by atoms with Crippen LogP contribution >= 0.6 is 11.3 Å². The lowest BCUT2D eigenvalue weighted by Gasteiger charge is -2.34. The van der Waals surface area contributed by atoms with Gasteiger partial charge in [0.1, 0.15) is 6.61 Å². The van der Waals surface area contributed by atoms with Crippen LogP contribution in [0.1, 0.15) is 42.4 Å². The third kappa shape index (κ3) is 3.34. The molecule has 1 aromatic heterocycles. The van der Waals surface area contributed by atoms with Gasteiger partial charge in [0.2, 0.25) is 0 Å². The highest BCUT2D eigenvalue weighted by atomic mass is 32.1. The molecular weight excluding hydrogens is 246 g/mol. The normalized spacial score (nSPS) is 10.7. The molecule has 98 valence electrons. The molecule has 0 unspecified atom stereocenters. The summed E-state index contributed by atoms with van der Waals surface area (Å²) in [5, 5.41) is 10.4. The summed E-state index contributed by atoms with van der Waals surface area (Å²) in [6, 6.07) is 1.78. The molecule has 0 aliphatic heterocycles. The van der Waals surface area contributed by atoms with Crippen LogP contribution in [0.4, 0.5) is 0 Å². The molecule has 18 heavy (non-hydrogen) atoms. The van der Waals surface area contributed by atoms with E-state index in [1.807, 2.05) is 26.3 Å². The van der Waals surface area contributed by atoms with E-state index in [4.69, 9.17) is 5.11 Å². The summed E-state index contributed by atoms with van der Waals surface area (Å²) in [5.41, 5.74) is 0.502. The fraction of sp³-hybridized carbons (Fsp3) is 0.500. The van der Waals surface area contributed by atoms with E-state index in [0.717, 1.165) is 11.3 Å². The largest absolute Gasteiger partial charge is 0.384 e. The van der Waals surface area contributed by atoms with Crippen molar-refractivity contribution in [3.63, 3.8) is 0 Å². The molecule has 0 radical (unpaired) electrons. The molecule has 0 saturated heterocycles. The summed E-state index contributed by atoms with van der Waals surface area (Å²) >= 11 is 1.42. The van der Waals surface area contributed by atoms with Crippen molar-refractivity contribution in [1.29, 1.82) is 0 Å². The molecule has 1 aromatic rings. The molecule has 4 heteroatoms. The van der Waals surface area contributed by atoms with E-state index < -0.39 is 0 Å². The van der Waals surface area contributed by atoms with E-state index in [-0.39, 0.29) is 18.1 Å². The molecule has 0 aromatic carbocycles. The van der Waals surface area contributed by atoms with Crippen LogP contribution in [0.15, 0.2) is 11.4 Å². The highest BCUT2D eigenvalue weighted by Gasteiger charge is 2.26. The number of rotatable bonds is 3. The Hall–Kier alpha value is -1.31. The molecule has 0 bridgehead atoms. The van der Waals surface area contributed by atoms with E-state index in [0.29, 0.717) is 5.56 Å². The molecule has 0 atom stereocenters. The minimum Gasteiger partial charge on any atom is -0.384 e. The van der Waals surface area contributed by atoms with Gasteiger partial charge in [0.05, 0.1) is 10.4 Å². The second kappa shape index (κ2) is 6.03. The van der Waals surface area contributed by atoms with Crippen molar-refractivity contribution in [2.75, 3.05) is 13.7 Å². The summed E-state index contributed by atoms with van der Waals surface area (Å²) in [5.74, 6) is 5.40. The third-order valence-corrected chi connectivity index (χ3v) is 4.06. The predicted octanol–water partition coefficient (Wildman–Crippen LogP) is 2.35. The van der Waals surface area contributed by atoms with E-state index >= 15 is 0 Å². The van der Waals surface area contributed by atoms with E-state index in [9.17, 15) is 4.79 Å². The van der Waals surface area contributed by atoms with Gasteiger partial charge >= 0.3 is 0 Å². The summed E-state index contributed by atoms with van der Waals surface area (Å²) in [7, 11) is 1.82. The smallest absolute Gasteiger partial charge is 0.254 e. The molecule has 0 aliphatic carbocycles. The molecular formula is C14H19NO2S. The second-order valence-corrected chi connectivity index (χ2v) is 5.60. The van der Waals surface area contributed by atoms with Crippen molar-refractivity contribution in [2.45, 2.75) is 32.7 Å². The maximum Gasteiger partial charge on any atom is 0.254 e. The lowest BCUT2D eigenvalue weighted by atomic mass is 9.99. The van der Waals surface area contributed by atoms with Crippen molar-refractivity contribution in [2.24, 2.45) is 0 Å². The van der Waals surface area contributed by atoms with Gasteiger partial charge in [-0.2, -0.15) is 0 Å². The molecule has 0 saturated carbocycles. The number of amides is 1. The van der Waals surface area contributed by atoms with Crippen LogP contribution in [0, 0.1) is 11.8 Å². The average Bonchev–Trinajstić information content (AvgIpc) is 2.83. The molecule has 0 aliphatic rings. The first-order chi connectivity index (χ1) is 8.42. The van der Waals surface area contributed by atoms with Gasteiger partial charge in [-0.3, -0.25) is 4.79 Å². The third-order valence-electron chi connectivity index (χ3n) is 3.21. The average molecular weight is 265 g/mol. The first-order valence-electron chi connectivity index (χ1n) is 5.88. The SMILES string of the molecule is CCC(C)(C)N(C)C(=O)c1csc(C#CCO)c1. The van der Waals surface area contributed by atoms with Crippen molar-refractivity contribution in [3.8, 4) is 11.8 Å². The van der Waals surface area contributed by atoms with Gasteiger partial charge in [-0.25, -0.2) is 0 Å². The monoisotopic (exact) mass is 265 g/mol. The maximum absolute atomic E-state index is 12.3. The molecule has 1 rings (SSSR count). The van der Waals surface area contributed by atoms with Crippen LogP contribution in [0.2, 0.25) is 0 Å². The number of carbonyl (C=O) groups excluding carboxylic acids is 1. The quantitative estimate of drug-likeness (QED) is 0.852. The van der Waals surface area contributed by atoms with Gasteiger partial charge in [0.25, 0.3) is 5.91 Å². The van der Waals surface area contributed by atoms with Crippen molar-refractivity contribution in [3.05, 3.63) is 21.9 Å². The number of thiophene rings is 1. The minimum absolute atomic E-state index is 0.00940. The standard InChI is InChI=1S/C14H19NO2S/c1-5-14(2,3)15(4)13(17)11-9-12(18-10-11)7-6-8-16/h9-10,16H,5,8H2,1-4H3. The molecule has 1 N–H and O–H groups in total. The van der Waals surface area contributed by atoms with Crippen LogP contribution in [0.5, 0.6) is 0 Å². The fourth-order valence-corrected chi connectivity index (χ4v) is 2.10. The topological polar surface area (TPSA) is 40.5 Å². The van der Waals surface area contributed by atoms with Crippen LogP contribution in [-0.2, 0) is 0 Å². The highest BCUT2D eigenvalue weighted by Crippen LogP contribution is 2.21. The van der Waals surface area contributed by atoms with E-state index in [1.54, 1.807) is 11.0 Å². The zero-order valence-electron chi connectivity index (χ0n) is 11.3. The lowest BCUT2D eigenvalue weighted by Crippen LogP contribution is -2.44. The van der Waals surface area contributed by atoms with Crippen molar-refractivity contribution >= 4 is 17.2 Å². The molecule has 1 heterocycles. The van der Waals surface area contributed by atoms with Crippen molar-refractivity contribution in [1.82, 2.24) is 4.90 Å². The Labute approximate surface area is 112 Å². The Kier molecular flexibility index (Phi) is 4.94. The summed E-state index contributed by atoms with van der Waals surface area (Å²) in [4.78, 5) is 14.8. The fourth-order valence-electron chi connectivity index (χ4n) is 1.35. The maximum atomic E-state index is 12.3. The van der Waals surface area contributed by atoms with E-state index in [1.165, 1.54) is 11.3 Å². The zero-order valence-corrected chi connectivity index (χ0v) is 12.1. The number of hydrogen-bond acceptors (Lipinski definition) is 3. The Balaban J connectivity index is 2.88. The number of nitrogens with zero attached hydrogens (tertiary/aromatic N) is 1. The first kappa shape index (κ1) is 14.7. The second-order valence-electron chi connectivity index (χ2n) is 4.69. The van der Waals surface area contributed by atoms with Crippen LogP contribution < -0.4 is 0 Å². The predicted molar refractivity (Wildman–Crippen MR) is 74.7 cm³/mol. The summed E-state index contributed by atoms with van der Waals surface area (Å²) in [6.45, 7) is 5.99. The van der Waals surface area contributed by atoms with Crippen LogP contribution in [-0.4, -0.2) is 35.1 Å². The molecule has 1 amide bonds. The summed E-state index contributed by atoms with van der Waals surface area (Å²) in [6.07, 6.45) is 0.899. The van der Waals surface area contributed by atoms with Crippen LogP contribution in [0.25, 0.3) is 0 Å². The number of hydrogen-bond donors (Lipinski definition) is 1. The Morgan fingerprint density at radius 1 is 1.56 bits per heavy atom. The number of aliphatic hydroxyl groups is 1. The highest BCUT2D eigenvalue weighted by molar-refractivity contribution is 7.10. The summed E-state index contributed by atoms with van der Waals surface area (Å²) < 4.78 is 0. The first-order valence-corrected chi connectivity index (χ1v) is 6.76. The van der Waals surface area contributed by atoms with Gasteiger partial charge in [0, 0.05) is 18.0 Å². The van der Waals surface area contributed by atoms with E-state index in [2.05, 4.69) is 18.8 Å².